The lowest BCUT2D eigenvalue weighted by Crippen LogP contribution is -2.59. The van der Waals surface area contributed by atoms with Gasteiger partial charge in [0.05, 0.1) is 16.7 Å². The first-order valence-electron chi connectivity index (χ1n) is 12.7. The molecule has 36 heavy (non-hydrogen) atoms. The molecule has 3 rings (SSSR count). The van der Waals surface area contributed by atoms with Gasteiger partial charge in [0.2, 0.25) is 0 Å². The minimum absolute atomic E-state index is 0.104. The van der Waals surface area contributed by atoms with Crippen molar-refractivity contribution in [1.29, 1.82) is 0 Å². The van der Waals surface area contributed by atoms with E-state index in [0.717, 1.165) is 24.0 Å². The number of aryl methyl sites for hydroxylation is 1. The Morgan fingerprint density at radius 1 is 0.917 bits per heavy atom. The molecule has 3 aromatic carbocycles. The minimum atomic E-state index is -3.77. The molecular weight excluding hydrogens is 484 g/mol. The second-order valence-corrected chi connectivity index (χ2v) is 14.3. The Balaban J connectivity index is 1.77. The lowest BCUT2D eigenvalue weighted by molar-refractivity contribution is 0.158. The van der Waals surface area contributed by atoms with Crippen molar-refractivity contribution in [2.45, 2.75) is 63.0 Å². The molecule has 0 saturated heterocycles. The molecule has 0 radical (unpaired) electrons. The first-order valence-corrected chi connectivity index (χ1v) is 15.9. The normalized spacial score (nSPS) is 14.1. The average Bonchev–Trinajstić information content (AvgIpc) is 2.87. The molecule has 6 heteroatoms. The van der Waals surface area contributed by atoms with Gasteiger partial charge in [0.25, 0.3) is 10.1 Å². The van der Waals surface area contributed by atoms with Gasteiger partial charge >= 0.3 is 0 Å². The summed E-state index contributed by atoms with van der Waals surface area (Å²) in [5, 5.41) is 13.7. The number of aliphatic hydroxyl groups is 1. The van der Waals surface area contributed by atoms with Gasteiger partial charge in [0, 0.05) is 0 Å². The highest BCUT2D eigenvalue weighted by molar-refractivity contribution is 7.86. The number of hydrogen-bond acceptors (Lipinski definition) is 4. The molecule has 3 aromatic rings. The van der Waals surface area contributed by atoms with Gasteiger partial charge in [-0.1, -0.05) is 120 Å². The van der Waals surface area contributed by atoms with Crippen LogP contribution in [0.5, 0.6) is 0 Å². The quantitative estimate of drug-likeness (QED) is 0.150. The van der Waals surface area contributed by atoms with E-state index >= 15 is 0 Å². The van der Waals surface area contributed by atoms with Crippen LogP contribution in [0.2, 0.25) is 0 Å². The molecule has 0 aromatic heterocycles. The van der Waals surface area contributed by atoms with Gasteiger partial charge in [-0.2, -0.15) is 8.42 Å². The summed E-state index contributed by atoms with van der Waals surface area (Å²) in [6.45, 7) is 6.18. The van der Waals surface area contributed by atoms with Crippen LogP contribution < -0.4 is 10.4 Å². The molecule has 0 aliphatic carbocycles. The third kappa shape index (κ3) is 7.74. The van der Waals surface area contributed by atoms with Gasteiger partial charge < -0.3 is 5.11 Å². The predicted octanol–water partition coefficient (Wildman–Crippen LogP) is 4.93. The van der Waals surface area contributed by atoms with Crippen LogP contribution in [0.15, 0.2) is 101 Å². The zero-order chi connectivity index (χ0) is 26.0. The van der Waals surface area contributed by atoms with Crippen molar-refractivity contribution < 1.29 is 17.7 Å². The standard InChI is InChI=1S/C30H38O4SSi/c1-4-5-22-30(31,36(28-14-8-6-9-15-28)29-16-10-7-11-17-29)24-26(3)13-12-23-34-35(32,33)27-20-18-25(2)19-21-27/h6-11,14-21,24,31,36H,4-5,12-13,22-23H2,1-3H3. The molecule has 0 spiro atoms. The fourth-order valence-corrected chi connectivity index (χ4v) is 9.25. The van der Waals surface area contributed by atoms with E-state index < -0.39 is 24.1 Å². The van der Waals surface area contributed by atoms with Crippen molar-refractivity contribution in [2.24, 2.45) is 0 Å². The van der Waals surface area contributed by atoms with E-state index in [2.05, 4.69) is 31.2 Å². The Hall–Kier alpha value is -2.51. The van der Waals surface area contributed by atoms with Crippen LogP contribution in [-0.2, 0) is 14.3 Å². The molecule has 1 atom stereocenters. The maximum absolute atomic E-state index is 12.5. The number of rotatable bonds is 13. The molecule has 0 heterocycles. The molecule has 1 unspecified atom stereocenters. The SMILES string of the molecule is CCCCC(O)(C=C(C)CCCOS(=O)(=O)c1ccc(C)cc1)[SiH](c1ccccc1)c1ccccc1. The number of allylic oxidation sites excluding steroid dienone is 1. The largest absolute Gasteiger partial charge is 0.389 e. The van der Waals surface area contributed by atoms with Gasteiger partial charge in [-0.15, -0.1) is 0 Å². The summed E-state index contributed by atoms with van der Waals surface area (Å²) in [6, 6.07) is 27.4. The van der Waals surface area contributed by atoms with Crippen LogP contribution in [0.25, 0.3) is 0 Å². The summed E-state index contributed by atoms with van der Waals surface area (Å²) in [5.41, 5.74) is 2.05. The van der Waals surface area contributed by atoms with Crippen molar-refractivity contribution >= 4 is 29.3 Å². The fraction of sp³-hybridized carbons (Fsp3) is 0.333. The van der Waals surface area contributed by atoms with Crippen molar-refractivity contribution in [3.63, 3.8) is 0 Å². The highest BCUT2D eigenvalue weighted by Crippen LogP contribution is 2.24. The van der Waals surface area contributed by atoms with Crippen molar-refractivity contribution in [3.8, 4) is 0 Å². The third-order valence-electron chi connectivity index (χ3n) is 6.46. The second-order valence-electron chi connectivity index (χ2n) is 9.53. The first-order chi connectivity index (χ1) is 17.2. The Morgan fingerprint density at radius 2 is 1.47 bits per heavy atom. The average molecular weight is 523 g/mol. The molecular formula is C30H38O4SSi. The summed E-state index contributed by atoms with van der Waals surface area (Å²) in [7, 11) is -5.80. The van der Waals surface area contributed by atoms with E-state index in [1.54, 1.807) is 24.3 Å². The Labute approximate surface area is 218 Å². The zero-order valence-corrected chi connectivity index (χ0v) is 23.5. The van der Waals surface area contributed by atoms with E-state index in [0.29, 0.717) is 19.3 Å². The van der Waals surface area contributed by atoms with Crippen molar-refractivity contribution in [3.05, 3.63) is 102 Å². The lowest BCUT2D eigenvalue weighted by Gasteiger charge is -2.34. The van der Waals surface area contributed by atoms with Crippen LogP contribution in [0.1, 0.15) is 51.5 Å². The lowest BCUT2D eigenvalue weighted by atomic mass is 10.1. The predicted molar refractivity (Wildman–Crippen MR) is 151 cm³/mol. The van der Waals surface area contributed by atoms with Gasteiger partial charge in [-0.25, -0.2) is 0 Å². The zero-order valence-electron chi connectivity index (χ0n) is 21.6. The number of benzene rings is 3. The molecule has 1 N–H and O–H groups in total. The highest BCUT2D eigenvalue weighted by Gasteiger charge is 2.38. The van der Waals surface area contributed by atoms with E-state index in [9.17, 15) is 13.5 Å². The topological polar surface area (TPSA) is 63.6 Å². The fourth-order valence-electron chi connectivity index (χ4n) is 4.61. The summed E-state index contributed by atoms with van der Waals surface area (Å²) >= 11 is 0. The van der Waals surface area contributed by atoms with E-state index in [1.165, 1.54) is 10.4 Å². The van der Waals surface area contributed by atoms with Gasteiger partial charge in [-0.05, 0) is 45.2 Å². The van der Waals surface area contributed by atoms with Crippen molar-refractivity contribution in [2.75, 3.05) is 6.61 Å². The maximum Gasteiger partial charge on any atom is 0.296 e. The summed E-state index contributed by atoms with van der Waals surface area (Å²) in [6.07, 6.45) is 5.89. The second kappa shape index (κ2) is 13.2. The van der Waals surface area contributed by atoms with Crippen LogP contribution >= 0.6 is 0 Å². The van der Waals surface area contributed by atoms with Crippen LogP contribution in [-0.4, -0.2) is 34.2 Å². The molecule has 0 aliphatic heterocycles. The first kappa shape index (κ1) is 28.1. The number of hydrogen-bond donors (Lipinski definition) is 1. The summed E-state index contributed by atoms with van der Waals surface area (Å²) in [4.78, 5) is 0.175. The van der Waals surface area contributed by atoms with Gasteiger partial charge in [-0.3, -0.25) is 4.18 Å². The third-order valence-corrected chi connectivity index (χ3v) is 11.3. The summed E-state index contributed by atoms with van der Waals surface area (Å²) in [5.74, 6) is 0. The maximum atomic E-state index is 12.5. The van der Waals surface area contributed by atoms with Gasteiger partial charge in [0.15, 0.2) is 0 Å². The summed E-state index contributed by atoms with van der Waals surface area (Å²) < 4.78 is 30.2. The molecule has 0 fully saturated rings. The highest BCUT2D eigenvalue weighted by atomic mass is 32.2. The molecule has 0 aliphatic rings. The minimum Gasteiger partial charge on any atom is -0.389 e. The Kier molecular flexibility index (Phi) is 10.3. The van der Waals surface area contributed by atoms with E-state index in [1.807, 2.05) is 56.3 Å². The van der Waals surface area contributed by atoms with E-state index in [-0.39, 0.29) is 11.5 Å². The smallest absolute Gasteiger partial charge is 0.296 e. The van der Waals surface area contributed by atoms with Crippen LogP contribution in [0.3, 0.4) is 0 Å². The molecule has 0 amide bonds. The molecule has 0 bridgehead atoms. The van der Waals surface area contributed by atoms with Crippen molar-refractivity contribution in [1.82, 2.24) is 0 Å². The van der Waals surface area contributed by atoms with Gasteiger partial charge in [0.1, 0.15) is 8.80 Å². The molecule has 192 valence electrons. The molecule has 0 saturated carbocycles. The van der Waals surface area contributed by atoms with Crippen LogP contribution in [0.4, 0.5) is 0 Å². The molecule has 4 nitrogen and oxygen atoms in total. The van der Waals surface area contributed by atoms with Crippen LogP contribution in [0, 0.1) is 6.92 Å². The van der Waals surface area contributed by atoms with E-state index in [4.69, 9.17) is 4.18 Å². The Bertz CT molecular complexity index is 1170. The monoisotopic (exact) mass is 522 g/mol. The number of unbranched alkanes of at least 4 members (excludes halogenated alkanes) is 1. The Morgan fingerprint density at radius 3 is 2.00 bits per heavy atom.